The van der Waals surface area contributed by atoms with E-state index in [0.29, 0.717) is 23.6 Å². The van der Waals surface area contributed by atoms with Gasteiger partial charge in [-0.3, -0.25) is 13.9 Å². The van der Waals surface area contributed by atoms with Crippen LogP contribution in [0, 0.1) is 5.82 Å². The highest BCUT2D eigenvalue weighted by atomic mass is 35.5. The Bertz CT molecular complexity index is 1110. The number of rotatable bonds is 10. The first-order chi connectivity index (χ1) is 15.4. The monoisotopic (exact) mass is 517 g/mol. The molecule has 2 rings (SSSR count). The molecule has 0 fully saturated rings. The molecule has 11 heteroatoms. The lowest BCUT2D eigenvalue weighted by atomic mass is 10.1. The number of carbonyl (C=O) groups is 2. The maximum Gasteiger partial charge on any atom is 0.244 e. The second-order valence-corrected chi connectivity index (χ2v) is 10.2. The summed E-state index contributed by atoms with van der Waals surface area (Å²) in [6, 6.07) is 9.28. The molecule has 0 saturated carbocycles. The molecule has 1 atom stereocenters. The number of carbonyl (C=O) groups excluding carboxylic acids is 2. The van der Waals surface area contributed by atoms with Crippen molar-refractivity contribution < 1.29 is 22.4 Å². The van der Waals surface area contributed by atoms with Crippen molar-refractivity contribution in [3.05, 3.63) is 63.9 Å². The van der Waals surface area contributed by atoms with Gasteiger partial charge in [0.25, 0.3) is 0 Å². The molecular weight excluding hydrogens is 492 g/mol. The van der Waals surface area contributed by atoms with Crippen LogP contribution < -0.4 is 9.62 Å². The molecule has 7 nitrogen and oxygen atoms in total. The first-order valence-corrected chi connectivity index (χ1v) is 12.8. The first kappa shape index (κ1) is 26.9. The van der Waals surface area contributed by atoms with Crippen LogP contribution in [0.1, 0.15) is 25.8 Å². The fourth-order valence-corrected chi connectivity index (χ4v) is 4.29. The summed E-state index contributed by atoms with van der Waals surface area (Å²) in [5, 5.41) is 2.92. The number of nitrogens with zero attached hydrogens (tertiary/aromatic N) is 2. The predicted octanol–water partition coefficient (Wildman–Crippen LogP) is 3.84. The summed E-state index contributed by atoms with van der Waals surface area (Å²) in [6.07, 6.45) is 1.64. The van der Waals surface area contributed by atoms with Crippen LogP contribution in [0.15, 0.2) is 42.5 Å². The fourth-order valence-electron chi connectivity index (χ4n) is 3.06. The average Bonchev–Trinajstić information content (AvgIpc) is 2.74. The number of anilines is 1. The third-order valence-electron chi connectivity index (χ3n) is 4.83. The lowest BCUT2D eigenvalue weighted by Gasteiger charge is -2.31. The van der Waals surface area contributed by atoms with Gasteiger partial charge in [-0.25, -0.2) is 12.8 Å². The largest absolute Gasteiger partial charge is 0.354 e. The molecule has 2 aromatic rings. The Morgan fingerprint density at radius 1 is 1.15 bits per heavy atom. The number of hydrogen-bond donors (Lipinski definition) is 1. The minimum Gasteiger partial charge on any atom is -0.354 e. The quantitative estimate of drug-likeness (QED) is 0.518. The lowest BCUT2D eigenvalue weighted by molar-refractivity contribution is -0.139. The molecular formula is C22H26Cl2FN3O4S. The maximum absolute atomic E-state index is 13.6. The highest BCUT2D eigenvalue weighted by molar-refractivity contribution is 7.92. The summed E-state index contributed by atoms with van der Waals surface area (Å²) in [5.41, 5.74) is 0.699. The van der Waals surface area contributed by atoms with Crippen molar-refractivity contribution in [3.63, 3.8) is 0 Å². The number of nitrogens with one attached hydrogen (secondary N) is 1. The minimum absolute atomic E-state index is 0.0296. The molecule has 0 aliphatic carbocycles. The van der Waals surface area contributed by atoms with E-state index in [-0.39, 0.29) is 23.2 Å². The van der Waals surface area contributed by atoms with Crippen LogP contribution in [0.4, 0.5) is 10.1 Å². The summed E-state index contributed by atoms with van der Waals surface area (Å²) >= 11 is 11.9. The molecule has 2 amide bonds. The van der Waals surface area contributed by atoms with E-state index in [4.69, 9.17) is 23.2 Å². The highest BCUT2D eigenvalue weighted by Gasteiger charge is 2.30. The second-order valence-electron chi connectivity index (χ2n) is 7.49. The van der Waals surface area contributed by atoms with E-state index in [1.165, 1.54) is 11.0 Å². The van der Waals surface area contributed by atoms with Gasteiger partial charge < -0.3 is 10.2 Å². The van der Waals surface area contributed by atoms with Gasteiger partial charge in [-0.1, -0.05) is 42.3 Å². The van der Waals surface area contributed by atoms with Crippen LogP contribution in [-0.2, 0) is 26.2 Å². The van der Waals surface area contributed by atoms with Crippen molar-refractivity contribution in [2.24, 2.45) is 0 Å². The van der Waals surface area contributed by atoms with Crippen LogP contribution in [0.3, 0.4) is 0 Å². The van der Waals surface area contributed by atoms with Crippen LogP contribution >= 0.6 is 23.2 Å². The van der Waals surface area contributed by atoms with Crippen LogP contribution in [0.25, 0.3) is 0 Å². The van der Waals surface area contributed by atoms with Crippen molar-refractivity contribution in [1.82, 2.24) is 10.2 Å². The first-order valence-electron chi connectivity index (χ1n) is 10.2. The molecule has 0 bridgehead atoms. The topological polar surface area (TPSA) is 86.8 Å². The molecule has 2 aromatic carbocycles. The Morgan fingerprint density at radius 2 is 1.85 bits per heavy atom. The molecule has 33 heavy (non-hydrogen) atoms. The van der Waals surface area contributed by atoms with Gasteiger partial charge in [0.05, 0.1) is 17.0 Å². The van der Waals surface area contributed by atoms with Gasteiger partial charge in [-0.05, 0) is 49.2 Å². The number of amides is 2. The molecule has 0 aliphatic rings. The maximum atomic E-state index is 13.6. The lowest BCUT2D eigenvalue weighted by Crippen LogP contribution is -2.51. The minimum atomic E-state index is -3.93. The van der Waals surface area contributed by atoms with Gasteiger partial charge in [0.1, 0.15) is 18.4 Å². The van der Waals surface area contributed by atoms with E-state index in [9.17, 15) is 22.4 Å². The Hall–Kier alpha value is -2.36. The average molecular weight is 518 g/mol. The third kappa shape index (κ3) is 7.58. The SMILES string of the molecule is CCCNC(=O)[C@H](C)N(Cc1cccc(Cl)c1)C(=O)CN(c1ccc(F)c(Cl)c1)S(C)(=O)=O. The van der Waals surface area contributed by atoms with Crippen LogP contribution in [-0.4, -0.2) is 50.5 Å². The zero-order valence-electron chi connectivity index (χ0n) is 18.5. The van der Waals surface area contributed by atoms with Crippen LogP contribution in [0.5, 0.6) is 0 Å². The third-order valence-corrected chi connectivity index (χ3v) is 6.49. The molecule has 0 aliphatic heterocycles. The molecule has 0 aromatic heterocycles. The van der Waals surface area contributed by atoms with Gasteiger partial charge in [-0.2, -0.15) is 0 Å². The predicted molar refractivity (Wildman–Crippen MR) is 128 cm³/mol. The standard InChI is InChI=1S/C22H26Cl2FN3O4S/c1-4-10-26-22(30)15(2)27(13-16-6-5-7-17(23)11-16)21(29)14-28(33(3,31)32)18-8-9-20(25)19(24)12-18/h5-9,11-12,15H,4,10,13-14H2,1-3H3,(H,26,30)/t15-/m0/s1. The van der Waals surface area contributed by atoms with Crippen molar-refractivity contribution in [2.75, 3.05) is 23.7 Å². The van der Waals surface area contributed by atoms with Crippen molar-refractivity contribution in [3.8, 4) is 0 Å². The van der Waals surface area contributed by atoms with Gasteiger partial charge >= 0.3 is 0 Å². The van der Waals surface area contributed by atoms with Crippen LogP contribution in [0.2, 0.25) is 10.0 Å². The summed E-state index contributed by atoms with van der Waals surface area (Å²) in [6.45, 7) is 3.32. The smallest absolute Gasteiger partial charge is 0.244 e. The van der Waals surface area contributed by atoms with Crippen molar-refractivity contribution in [1.29, 1.82) is 0 Å². The van der Waals surface area contributed by atoms with Gasteiger partial charge in [0.2, 0.25) is 21.8 Å². The molecule has 0 heterocycles. The zero-order valence-corrected chi connectivity index (χ0v) is 20.8. The van der Waals surface area contributed by atoms with E-state index < -0.39 is 34.3 Å². The summed E-state index contributed by atoms with van der Waals surface area (Å²) in [5.74, 6) is -1.72. The number of sulfonamides is 1. The molecule has 0 spiro atoms. The Kier molecular flexibility index (Phi) is 9.51. The molecule has 180 valence electrons. The number of hydrogen-bond acceptors (Lipinski definition) is 4. The molecule has 0 radical (unpaired) electrons. The summed E-state index contributed by atoms with van der Waals surface area (Å²) < 4.78 is 39.3. The van der Waals surface area contributed by atoms with E-state index in [1.807, 2.05) is 6.92 Å². The number of halogens is 3. The Morgan fingerprint density at radius 3 is 2.42 bits per heavy atom. The van der Waals surface area contributed by atoms with Crippen molar-refractivity contribution in [2.45, 2.75) is 32.9 Å². The number of benzene rings is 2. The summed E-state index contributed by atoms with van der Waals surface area (Å²) in [7, 11) is -3.93. The summed E-state index contributed by atoms with van der Waals surface area (Å²) in [4.78, 5) is 27.2. The molecule has 1 N–H and O–H groups in total. The molecule has 0 unspecified atom stereocenters. The van der Waals surface area contributed by atoms with E-state index in [1.54, 1.807) is 31.2 Å². The fraction of sp³-hybridized carbons (Fsp3) is 0.364. The van der Waals surface area contributed by atoms with E-state index >= 15 is 0 Å². The van der Waals surface area contributed by atoms with Gasteiger partial charge in [0, 0.05) is 18.1 Å². The van der Waals surface area contributed by atoms with Crippen molar-refractivity contribution >= 4 is 50.7 Å². The normalized spacial score (nSPS) is 12.2. The van der Waals surface area contributed by atoms with Gasteiger partial charge in [-0.15, -0.1) is 0 Å². The van der Waals surface area contributed by atoms with Gasteiger partial charge in [0.15, 0.2) is 0 Å². The van der Waals surface area contributed by atoms with E-state index in [0.717, 1.165) is 22.7 Å². The molecule has 0 saturated heterocycles. The van der Waals surface area contributed by atoms with E-state index in [2.05, 4.69) is 5.32 Å². The second kappa shape index (κ2) is 11.7. The Balaban J connectivity index is 2.39. The Labute approximate surface area is 203 Å². The zero-order chi connectivity index (χ0) is 24.8. The highest BCUT2D eigenvalue weighted by Crippen LogP contribution is 2.25.